The van der Waals surface area contributed by atoms with Gasteiger partial charge in [-0.1, -0.05) is 29.3 Å². The lowest BCUT2D eigenvalue weighted by Gasteiger charge is -2.01. The van der Waals surface area contributed by atoms with Crippen LogP contribution in [0.25, 0.3) is 0 Å². The fraction of sp³-hybridized carbons (Fsp3) is 0.300. The number of aldehydes is 1. The first-order chi connectivity index (χ1) is 6.22. The summed E-state index contributed by atoms with van der Waals surface area (Å²) in [6.45, 7) is 0. The highest BCUT2D eigenvalue weighted by atomic mass is 35.5. The molecule has 2 atom stereocenters. The molecule has 0 unspecified atom stereocenters. The molecule has 1 nitrogen and oxygen atoms in total. The Balaban J connectivity index is 2.27. The molecular formula is C10H8Cl2O. The van der Waals surface area contributed by atoms with Crippen molar-refractivity contribution in [3.63, 3.8) is 0 Å². The summed E-state index contributed by atoms with van der Waals surface area (Å²) in [7, 11) is 0. The van der Waals surface area contributed by atoms with Crippen molar-refractivity contribution in [2.45, 2.75) is 12.3 Å². The average molecular weight is 215 g/mol. The van der Waals surface area contributed by atoms with Gasteiger partial charge in [-0.25, -0.2) is 0 Å². The van der Waals surface area contributed by atoms with E-state index in [-0.39, 0.29) is 5.92 Å². The third-order valence-electron chi connectivity index (χ3n) is 2.38. The van der Waals surface area contributed by atoms with Gasteiger partial charge in [0.2, 0.25) is 0 Å². The van der Waals surface area contributed by atoms with Crippen LogP contribution >= 0.6 is 23.2 Å². The lowest BCUT2D eigenvalue weighted by Crippen LogP contribution is -1.85. The van der Waals surface area contributed by atoms with Gasteiger partial charge in [0.15, 0.2) is 0 Å². The molecule has 0 radical (unpaired) electrons. The molecule has 0 amide bonds. The summed E-state index contributed by atoms with van der Waals surface area (Å²) < 4.78 is 0. The van der Waals surface area contributed by atoms with E-state index >= 15 is 0 Å². The third kappa shape index (κ3) is 1.72. The van der Waals surface area contributed by atoms with Crippen molar-refractivity contribution in [1.29, 1.82) is 0 Å². The molecule has 0 aromatic heterocycles. The van der Waals surface area contributed by atoms with Crippen molar-refractivity contribution in [1.82, 2.24) is 0 Å². The van der Waals surface area contributed by atoms with Crippen molar-refractivity contribution < 1.29 is 4.79 Å². The molecule has 1 aliphatic carbocycles. The highest BCUT2D eigenvalue weighted by Crippen LogP contribution is 2.48. The van der Waals surface area contributed by atoms with Gasteiger partial charge in [0.1, 0.15) is 6.29 Å². The Morgan fingerprint density at radius 3 is 2.69 bits per heavy atom. The minimum atomic E-state index is 0.165. The number of halogens is 2. The molecule has 68 valence electrons. The number of carbonyl (C=O) groups excluding carboxylic acids is 1. The summed E-state index contributed by atoms with van der Waals surface area (Å²) in [6, 6.07) is 5.43. The molecule has 0 aliphatic heterocycles. The van der Waals surface area contributed by atoms with E-state index in [1.807, 2.05) is 12.1 Å². The maximum Gasteiger partial charge on any atom is 0.123 e. The van der Waals surface area contributed by atoms with Crippen LogP contribution in [0.15, 0.2) is 18.2 Å². The summed E-state index contributed by atoms with van der Waals surface area (Å²) in [5.41, 5.74) is 1.04. The van der Waals surface area contributed by atoms with Gasteiger partial charge in [0.25, 0.3) is 0 Å². The monoisotopic (exact) mass is 214 g/mol. The van der Waals surface area contributed by atoms with E-state index < -0.39 is 0 Å². The molecule has 0 N–H and O–H groups in total. The van der Waals surface area contributed by atoms with Crippen LogP contribution < -0.4 is 0 Å². The Kier molecular flexibility index (Phi) is 2.31. The van der Waals surface area contributed by atoms with Crippen molar-refractivity contribution >= 4 is 29.5 Å². The van der Waals surface area contributed by atoms with Gasteiger partial charge in [-0.3, -0.25) is 0 Å². The molecule has 1 fully saturated rings. The van der Waals surface area contributed by atoms with Crippen molar-refractivity contribution in [2.24, 2.45) is 5.92 Å². The predicted octanol–water partition coefficient (Wildman–Crippen LogP) is 3.30. The van der Waals surface area contributed by atoms with Crippen LogP contribution in [0.3, 0.4) is 0 Å². The van der Waals surface area contributed by atoms with Gasteiger partial charge in [-0.15, -0.1) is 0 Å². The third-order valence-corrected chi connectivity index (χ3v) is 2.94. The molecule has 1 saturated carbocycles. The molecule has 1 aromatic carbocycles. The molecule has 0 bridgehead atoms. The minimum absolute atomic E-state index is 0.165. The first kappa shape index (κ1) is 9.04. The van der Waals surface area contributed by atoms with Crippen LogP contribution in [-0.2, 0) is 4.79 Å². The second-order valence-corrected chi connectivity index (χ2v) is 4.15. The zero-order valence-corrected chi connectivity index (χ0v) is 8.35. The predicted molar refractivity (Wildman–Crippen MR) is 53.4 cm³/mol. The van der Waals surface area contributed by atoms with Crippen LogP contribution in [0.4, 0.5) is 0 Å². The van der Waals surface area contributed by atoms with E-state index in [4.69, 9.17) is 23.2 Å². The number of benzene rings is 1. The maximum absolute atomic E-state index is 10.5. The van der Waals surface area contributed by atoms with E-state index in [2.05, 4.69) is 0 Å². The number of hydrogen-bond acceptors (Lipinski definition) is 1. The lowest BCUT2D eigenvalue weighted by molar-refractivity contribution is -0.108. The van der Waals surface area contributed by atoms with E-state index in [1.165, 1.54) is 0 Å². The number of carbonyl (C=O) groups is 1. The van der Waals surface area contributed by atoms with Gasteiger partial charge < -0.3 is 4.79 Å². The van der Waals surface area contributed by atoms with Crippen LogP contribution in [0.5, 0.6) is 0 Å². The topological polar surface area (TPSA) is 17.1 Å². The molecule has 1 aliphatic rings. The quantitative estimate of drug-likeness (QED) is 0.691. The van der Waals surface area contributed by atoms with E-state index in [0.29, 0.717) is 16.0 Å². The van der Waals surface area contributed by atoms with Crippen molar-refractivity contribution in [3.8, 4) is 0 Å². The lowest BCUT2D eigenvalue weighted by atomic mass is 10.1. The van der Waals surface area contributed by atoms with E-state index in [0.717, 1.165) is 18.3 Å². The molecule has 0 spiro atoms. The Morgan fingerprint density at radius 1 is 1.38 bits per heavy atom. The zero-order chi connectivity index (χ0) is 9.42. The zero-order valence-electron chi connectivity index (χ0n) is 6.84. The van der Waals surface area contributed by atoms with Crippen molar-refractivity contribution in [2.75, 3.05) is 0 Å². The largest absolute Gasteiger partial charge is 0.303 e. The second-order valence-electron chi connectivity index (χ2n) is 3.31. The van der Waals surface area contributed by atoms with Gasteiger partial charge in [-0.05, 0) is 30.0 Å². The molecular weight excluding hydrogens is 207 g/mol. The van der Waals surface area contributed by atoms with Gasteiger partial charge in [-0.2, -0.15) is 0 Å². The SMILES string of the molecule is O=C[C@H]1C[C@@H]1c1ccc(Cl)cc1Cl. The van der Waals surface area contributed by atoms with Crippen LogP contribution in [0.1, 0.15) is 17.9 Å². The summed E-state index contributed by atoms with van der Waals surface area (Å²) in [4.78, 5) is 10.5. The van der Waals surface area contributed by atoms with E-state index in [9.17, 15) is 4.79 Å². The summed E-state index contributed by atoms with van der Waals surface area (Å²) in [5, 5.41) is 1.30. The van der Waals surface area contributed by atoms with Crippen LogP contribution in [-0.4, -0.2) is 6.29 Å². The molecule has 1 aromatic rings. The summed E-state index contributed by atoms with van der Waals surface area (Å²) in [5.74, 6) is 0.487. The van der Waals surface area contributed by atoms with Gasteiger partial charge >= 0.3 is 0 Å². The molecule has 0 heterocycles. The Hall–Kier alpha value is -0.530. The Morgan fingerprint density at radius 2 is 2.15 bits per heavy atom. The number of hydrogen-bond donors (Lipinski definition) is 0. The van der Waals surface area contributed by atoms with Crippen molar-refractivity contribution in [3.05, 3.63) is 33.8 Å². The highest BCUT2D eigenvalue weighted by molar-refractivity contribution is 6.35. The maximum atomic E-state index is 10.5. The molecule has 2 rings (SSSR count). The fourth-order valence-electron chi connectivity index (χ4n) is 1.52. The molecule has 0 saturated heterocycles. The first-order valence-corrected chi connectivity index (χ1v) is 4.88. The van der Waals surface area contributed by atoms with Gasteiger partial charge in [0.05, 0.1) is 0 Å². The highest BCUT2D eigenvalue weighted by Gasteiger charge is 2.39. The summed E-state index contributed by atoms with van der Waals surface area (Å²) in [6.07, 6.45) is 1.92. The van der Waals surface area contributed by atoms with Crippen LogP contribution in [0, 0.1) is 5.92 Å². The van der Waals surface area contributed by atoms with Crippen LogP contribution in [0.2, 0.25) is 10.0 Å². The molecule has 3 heteroatoms. The summed E-state index contributed by atoms with van der Waals surface area (Å²) >= 11 is 11.7. The minimum Gasteiger partial charge on any atom is -0.303 e. The number of rotatable bonds is 2. The Bertz CT molecular complexity index is 349. The average Bonchev–Trinajstić information content (AvgIpc) is 2.83. The van der Waals surface area contributed by atoms with E-state index in [1.54, 1.807) is 6.07 Å². The van der Waals surface area contributed by atoms with Gasteiger partial charge in [0, 0.05) is 16.0 Å². The standard InChI is InChI=1S/C10H8Cl2O/c11-7-1-2-8(10(12)4-7)9-3-6(9)5-13/h1-2,4-6,9H,3H2/t6-,9+/m1/s1. The normalized spacial score (nSPS) is 25.7. The first-order valence-electron chi connectivity index (χ1n) is 4.12. The fourth-order valence-corrected chi connectivity index (χ4v) is 2.07. The Labute approximate surface area is 86.7 Å². The molecule has 13 heavy (non-hydrogen) atoms. The second kappa shape index (κ2) is 3.32. The smallest absolute Gasteiger partial charge is 0.123 e.